The van der Waals surface area contributed by atoms with Crippen molar-refractivity contribution in [1.29, 1.82) is 0 Å². The van der Waals surface area contributed by atoms with Gasteiger partial charge in [-0.1, -0.05) is 18.9 Å². The molecule has 1 saturated heterocycles. The van der Waals surface area contributed by atoms with E-state index in [0.29, 0.717) is 18.0 Å². The summed E-state index contributed by atoms with van der Waals surface area (Å²) >= 11 is 0. The number of rotatable bonds is 5. The number of amides is 1. The maximum absolute atomic E-state index is 12.4. The lowest BCUT2D eigenvalue weighted by molar-refractivity contribution is -0.143. The molecule has 10 heteroatoms. The zero-order chi connectivity index (χ0) is 18.9. The third-order valence-electron chi connectivity index (χ3n) is 5.28. The minimum Gasteiger partial charge on any atom is -0.480 e. The van der Waals surface area contributed by atoms with Gasteiger partial charge < -0.3 is 10.4 Å². The molecule has 2 aliphatic rings. The van der Waals surface area contributed by atoms with Gasteiger partial charge in [-0.05, 0) is 43.4 Å². The van der Waals surface area contributed by atoms with Crippen molar-refractivity contribution in [3.05, 3.63) is 24.3 Å². The summed E-state index contributed by atoms with van der Waals surface area (Å²) in [6.45, 7) is -0.0300. The van der Waals surface area contributed by atoms with E-state index < -0.39 is 22.0 Å². The molecule has 3 rings (SSSR count). The summed E-state index contributed by atoms with van der Waals surface area (Å²) in [6, 6.07) is 5.15. The number of carboxylic acids is 1. The van der Waals surface area contributed by atoms with Crippen molar-refractivity contribution in [3.8, 4) is 0 Å². The number of aliphatic carboxylic acids is 1. The smallest absolute Gasteiger partial charge is 0.320 e. The first-order valence-corrected chi connectivity index (χ1v) is 10.2. The number of nitrogens with zero attached hydrogens (tertiary/aromatic N) is 1. The van der Waals surface area contributed by atoms with Gasteiger partial charge in [0.2, 0.25) is 15.9 Å². The maximum atomic E-state index is 12.4. The number of hydrogen-bond donors (Lipinski definition) is 3. The van der Waals surface area contributed by atoms with E-state index >= 15 is 0 Å². The molecule has 1 amide bonds. The van der Waals surface area contributed by atoms with Crippen LogP contribution in [0, 0.1) is 5.92 Å². The van der Waals surface area contributed by atoms with Gasteiger partial charge in [0.15, 0.2) is 0 Å². The van der Waals surface area contributed by atoms with Gasteiger partial charge in [-0.3, -0.25) is 14.5 Å². The molecule has 1 saturated carbocycles. The summed E-state index contributed by atoms with van der Waals surface area (Å²) in [6.07, 6.45) is 4.63. The molecule has 0 spiro atoms. The van der Waals surface area contributed by atoms with E-state index in [4.69, 9.17) is 5.14 Å². The third-order valence-corrected chi connectivity index (χ3v) is 6.19. The number of carbonyl (C=O) groups excluding carboxylic acids is 1. The first-order valence-electron chi connectivity index (χ1n) is 8.67. The van der Waals surface area contributed by atoms with Crippen molar-refractivity contribution < 1.29 is 23.1 Å². The second kappa shape index (κ2) is 8.55. The molecule has 1 aliphatic heterocycles. The summed E-state index contributed by atoms with van der Waals surface area (Å²) in [5, 5.41) is 17.2. The largest absolute Gasteiger partial charge is 0.480 e. The van der Waals surface area contributed by atoms with Crippen LogP contribution in [0.4, 0.5) is 5.69 Å². The molecule has 0 aromatic heterocycles. The Hall–Kier alpha value is -1.68. The van der Waals surface area contributed by atoms with Crippen molar-refractivity contribution in [1.82, 2.24) is 4.90 Å². The minimum absolute atomic E-state index is 0. The van der Waals surface area contributed by atoms with Crippen LogP contribution in [-0.4, -0.2) is 48.9 Å². The predicted molar refractivity (Wildman–Crippen MR) is 102 cm³/mol. The molecule has 0 radical (unpaired) electrons. The summed E-state index contributed by atoms with van der Waals surface area (Å²) in [4.78, 5) is 25.7. The van der Waals surface area contributed by atoms with E-state index in [-0.39, 0.29) is 35.8 Å². The average molecular weight is 418 g/mol. The molecule has 8 nitrogen and oxygen atoms in total. The number of likely N-dealkylation sites (tertiary alicyclic amines) is 1. The van der Waals surface area contributed by atoms with Gasteiger partial charge in [-0.15, -0.1) is 12.4 Å². The fraction of sp³-hybridized carbons (Fsp3) is 0.529. The molecule has 1 aliphatic carbocycles. The van der Waals surface area contributed by atoms with Crippen LogP contribution in [0.1, 0.15) is 32.1 Å². The highest BCUT2D eigenvalue weighted by Crippen LogP contribution is 2.39. The second-order valence-electron chi connectivity index (χ2n) is 6.99. The van der Waals surface area contributed by atoms with Crippen LogP contribution in [-0.2, 0) is 19.6 Å². The number of carboxylic acid groups (broad SMARTS) is 1. The number of carbonyl (C=O) groups is 2. The molecule has 4 N–H and O–H groups in total. The van der Waals surface area contributed by atoms with Crippen molar-refractivity contribution in [2.75, 3.05) is 11.9 Å². The van der Waals surface area contributed by atoms with Crippen LogP contribution in [0.15, 0.2) is 29.2 Å². The zero-order valence-electron chi connectivity index (χ0n) is 14.7. The zero-order valence-corrected chi connectivity index (χ0v) is 16.3. The lowest BCUT2D eigenvalue weighted by Gasteiger charge is -2.32. The SMILES string of the molecule is Cl.NS(=O)(=O)c1cccc(NC(=O)CN2C(C(=O)O)CC3CCCCC32)c1. The first kappa shape index (κ1) is 21.6. The lowest BCUT2D eigenvalue weighted by atomic mass is 9.85. The summed E-state index contributed by atoms with van der Waals surface area (Å²) in [5.74, 6) is -0.944. The van der Waals surface area contributed by atoms with Gasteiger partial charge in [0.25, 0.3) is 0 Å². The van der Waals surface area contributed by atoms with E-state index in [1.807, 2.05) is 0 Å². The molecule has 3 atom stereocenters. The molecule has 1 aromatic carbocycles. The molecule has 0 bridgehead atoms. The van der Waals surface area contributed by atoms with E-state index in [9.17, 15) is 23.1 Å². The number of primary sulfonamides is 1. The van der Waals surface area contributed by atoms with E-state index in [1.54, 1.807) is 11.0 Å². The normalized spacial score (nSPS) is 25.3. The topological polar surface area (TPSA) is 130 Å². The van der Waals surface area contributed by atoms with Crippen molar-refractivity contribution >= 4 is 40.0 Å². The highest BCUT2D eigenvalue weighted by atomic mass is 35.5. The minimum atomic E-state index is -3.86. The number of fused-ring (bicyclic) bond motifs is 1. The Bertz CT molecular complexity index is 817. The van der Waals surface area contributed by atoms with Crippen LogP contribution in [0.5, 0.6) is 0 Å². The van der Waals surface area contributed by atoms with Crippen LogP contribution >= 0.6 is 12.4 Å². The van der Waals surface area contributed by atoms with Crippen molar-refractivity contribution in [2.45, 2.75) is 49.1 Å². The Morgan fingerprint density at radius 1 is 1.26 bits per heavy atom. The van der Waals surface area contributed by atoms with Gasteiger partial charge in [-0.25, -0.2) is 13.6 Å². The van der Waals surface area contributed by atoms with Crippen LogP contribution < -0.4 is 10.5 Å². The lowest BCUT2D eigenvalue weighted by Crippen LogP contribution is -2.46. The Balaban J connectivity index is 0.00000261. The number of sulfonamides is 1. The van der Waals surface area contributed by atoms with Crippen LogP contribution in [0.3, 0.4) is 0 Å². The van der Waals surface area contributed by atoms with Crippen LogP contribution in [0.25, 0.3) is 0 Å². The predicted octanol–water partition coefficient (Wildman–Crippen LogP) is 1.41. The Morgan fingerprint density at radius 3 is 2.63 bits per heavy atom. The van der Waals surface area contributed by atoms with Gasteiger partial charge in [0.05, 0.1) is 11.4 Å². The number of anilines is 1. The first-order chi connectivity index (χ1) is 12.3. The molecule has 2 fully saturated rings. The van der Waals surface area contributed by atoms with E-state index in [0.717, 1.165) is 25.7 Å². The monoisotopic (exact) mass is 417 g/mol. The van der Waals surface area contributed by atoms with E-state index in [1.165, 1.54) is 18.2 Å². The molecular weight excluding hydrogens is 394 g/mol. The van der Waals surface area contributed by atoms with Crippen molar-refractivity contribution in [3.63, 3.8) is 0 Å². The van der Waals surface area contributed by atoms with Gasteiger partial charge in [0.1, 0.15) is 6.04 Å². The summed E-state index contributed by atoms with van der Waals surface area (Å²) < 4.78 is 22.8. The fourth-order valence-electron chi connectivity index (χ4n) is 4.14. The third kappa shape index (κ3) is 4.98. The molecular formula is C17H24ClN3O5S. The summed E-state index contributed by atoms with van der Waals surface area (Å²) in [5.41, 5.74) is 0.313. The van der Waals surface area contributed by atoms with Gasteiger partial charge in [-0.2, -0.15) is 0 Å². The molecule has 1 aromatic rings. The number of nitrogens with two attached hydrogens (primary N) is 1. The molecule has 150 valence electrons. The second-order valence-corrected chi connectivity index (χ2v) is 8.56. The van der Waals surface area contributed by atoms with Gasteiger partial charge in [0, 0.05) is 11.7 Å². The number of benzene rings is 1. The highest BCUT2D eigenvalue weighted by Gasteiger charge is 2.45. The van der Waals surface area contributed by atoms with E-state index in [2.05, 4.69) is 5.32 Å². The molecule has 1 heterocycles. The average Bonchev–Trinajstić information content (AvgIpc) is 2.93. The standard InChI is InChI=1S/C17H23N3O5S.ClH/c18-26(24,25)13-6-3-5-12(9-13)19-16(21)10-20-14-7-2-1-4-11(14)8-15(20)17(22)23;/h3,5-6,9,11,14-15H,1-2,4,7-8,10H2,(H,19,21)(H,22,23)(H2,18,24,25);1H. The Kier molecular flexibility index (Phi) is 6.85. The Morgan fingerprint density at radius 2 is 1.96 bits per heavy atom. The maximum Gasteiger partial charge on any atom is 0.320 e. The molecule has 3 unspecified atom stereocenters. The number of hydrogen-bond acceptors (Lipinski definition) is 5. The number of nitrogens with one attached hydrogen (secondary N) is 1. The quantitative estimate of drug-likeness (QED) is 0.664. The Labute approximate surface area is 164 Å². The number of halogens is 1. The summed E-state index contributed by atoms with van der Waals surface area (Å²) in [7, 11) is -3.86. The highest BCUT2D eigenvalue weighted by molar-refractivity contribution is 7.89. The van der Waals surface area contributed by atoms with Gasteiger partial charge >= 0.3 is 5.97 Å². The van der Waals surface area contributed by atoms with Crippen molar-refractivity contribution in [2.24, 2.45) is 11.1 Å². The van der Waals surface area contributed by atoms with Crippen LogP contribution in [0.2, 0.25) is 0 Å². The fourth-order valence-corrected chi connectivity index (χ4v) is 4.70. The molecule has 27 heavy (non-hydrogen) atoms.